The number of halogens is 1. The summed E-state index contributed by atoms with van der Waals surface area (Å²) >= 11 is 1.68. The molecule has 1 aliphatic heterocycles. The van der Waals surface area contributed by atoms with Crippen LogP contribution in [-0.4, -0.2) is 61.1 Å². The van der Waals surface area contributed by atoms with E-state index < -0.39 is 10.0 Å². The zero-order valence-electron chi connectivity index (χ0n) is 16.8. The minimum atomic E-state index is -3.59. The predicted molar refractivity (Wildman–Crippen MR) is 119 cm³/mol. The smallest absolute Gasteiger partial charge is 0.245 e. The van der Waals surface area contributed by atoms with Crippen LogP contribution in [0.3, 0.4) is 0 Å². The Kier molecular flexibility index (Phi) is 6.38. The van der Waals surface area contributed by atoms with E-state index >= 15 is 0 Å². The highest BCUT2D eigenvalue weighted by molar-refractivity contribution is 7.99. The molecular weight excluding hydrogens is 421 g/mol. The van der Waals surface area contributed by atoms with E-state index in [0.29, 0.717) is 31.7 Å². The van der Waals surface area contributed by atoms with Gasteiger partial charge in [0.2, 0.25) is 10.0 Å². The minimum absolute atomic E-state index is 0.229. The first kappa shape index (κ1) is 21.2. The molecule has 0 N–H and O–H groups in total. The van der Waals surface area contributed by atoms with Gasteiger partial charge in [-0.3, -0.25) is 9.88 Å². The second-order valence-corrected chi connectivity index (χ2v) is 10.5. The Morgan fingerprint density at radius 3 is 2.53 bits per heavy atom. The Morgan fingerprint density at radius 1 is 1.07 bits per heavy atom. The number of rotatable bonds is 6. The molecular formula is C22H24FN3O2S2. The molecule has 0 amide bonds. The van der Waals surface area contributed by atoms with E-state index in [0.717, 1.165) is 28.1 Å². The van der Waals surface area contributed by atoms with Crippen molar-refractivity contribution in [3.8, 4) is 0 Å². The summed E-state index contributed by atoms with van der Waals surface area (Å²) in [6, 6.07) is 13.8. The summed E-state index contributed by atoms with van der Waals surface area (Å²) in [5.74, 6) is 0.651. The highest BCUT2D eigenvalue weighted by atomic mass is 32.2. The molecule has 1 aromatic heterocycles. The monoisotopic (exact) mass is 445 g/mol. The van der Waals surface area contributed by atoms with Gasteiger partial charge < -0.3 is 0 Å². The molecule has 0 bridgehead atoms. The van der Waals surface area contributed by atoms with Crippen LogP contribution in [0.15, 0.2) is 64.5 Å². The summed E-state index contributed by atoms with van der Waals surface area (Å²) in [5, 5.41) is 0.840. The van der Waals surface area contributed by atoms with Gasteiger partial charge in [0.25, 0.3) is 0 Å². The van der Waals surface area contributed by atoms with Crippen LogP contribution in [0.25, 0.3) is 10.9 Å². The number of aromatic nitrogens is 1. The second kappa shape index (κ2) is 9.01. The Hall–Kier alpha value is -2.00. The van der Waals surface area contributed by atoms with Gasteiger partial charge >= 0.3 is 0 Å². The SMILES string of the molecule is Cc1cnc2c(S(=O)(=O)N3CCN(CCSc4ccc(F)cc4)CC3)cccc2c1. The summed E-state index contributed by atoms with van der Waals surface area (Å²) < 4.78 is 41.1. The molecule has 2 heterocycles. The maximum Gasteiger partial charge on any atom is 0.245 e. The third-order valence-corrected chi connectivity index (χ3v) is 8.17. The number of hydrogen-bond acceptors (Lipinski definition) is 5. The molecule has 30 heavy (non-hydrogen) atoms. The lowest BCUT2D eigenvalue weighted by atomic mass is 10.2. The lowest BCUT2D eigenvalue weighted by Crippen LogP contribution is -2.49. The van der Waals surface area contributed by atoms with Crippen molar-refractivity contribution in [1.29, 1.82) is 0 Å². The van der Waals surface area contributed by atoms with Crippen molar-refractivity contribution < 1.29 is 12.8 Å². The van der Waals surface area contributed by atoms with Crippen LogP contribution < -0.4 is 0 Å². The molecule has 158 valence electrons. The van der Waals surface area contributed by atoms with Crippen LogP contribution in [0, 0.1) is 12.7 Å². The maximum atomic E-state index is 13.3. The van der Waals surface area contributed by atoms with E-state index in [1.54, 1.807) is 46.5 Å². The number of hydrogen-bond donors (Lipinski definition) is 0. The topological polar surface area (TPSA) is 53.5 Å². The van der Waals surface area contributed by atoms with E-state index in [4.69, 9.17) is 0 Å². The molecule has 4 rings (SSSR count). The first-order chi connectivity index (χ1) is 14.4. The molecule has 0 saturated carbocycles. The molecule has 1 fully saturated rings. The lowest BCUT2D eigenvalue weighted by molar-refractivity contribution is 0.198. The first-order valence-electron chi connectivity index (χ1n) is 9.90. The number of benzene rings is 2. The van der Waals surface area contributed by atoms with Gasteiger partial charge in [-0.2, -0.15) is 4.31 Å². The summed E-state index contributed by atoms with van der Waals surface area (Å²) in [6.07, 6.45) is 1.71. The number of sulfonamides is 1. The Labute approximate surface area is 181 Å². The van der Waals surface area contributed by atoms with E-state index in [1.165, 1.54) is 12.1 Å². The van der Waals surface area contributed by atoms with Crippen LogP contribution in [0.4, 0.5) is 4.39 Å². The van der Waals surface area contributed by atoms with E-state index in [-0.39, 0.29) is 10.7 Å². The van der Waals surface area contributed by atoms with Crippen molar-refractivity contribution in [2.24, 2.45) is 0 Å². The van der Waals surface area contributed by atoms with Gasteiger partial charge in [0.15, 0.2) is 0 Å². The first-order valence-corrected chi connectivity index (χ1v) is 12.3. The molecule has 0 radical (unpaired) electrons. The summed E-state index contributed by atoms with van der Waals surface area (Å²) in [6.45, 7) is 5.13. The van der Waals surface area contributed by atoms with Gasteiger partial charge in [0.05, 0.1) is 5.52 Å². The molecule has 0 unspecified atom stereocenters. The fraction of sp³-hybridized carbons (Fsp3) is 0.318. The third-order valence-electron chi connectivity index (χ3n) is 5.25. The predicted octanol–water partition coefficient (Wildman–Crippen LogP) is 3.78. The largest absolute Gasteiger partial charge is 0.300 e. The number of nitrogens with zero attached hydrogens (tertiary/aromatic N) is 3. The molecule has 5 nitrogen and oxygen atoms in total. The van der Waals surface area contributed by atoms with Gasteiger partial charge in [-0.1, -0.05) is 12.1 Å². The van der Waals surface area contributed by atoms with Crippen LogP contribution in [0.2, 0.25) is 0 Å². The number of pyridine rings is 1. The number of fused-ring (bicyclic) bond motifs is 1. The van der Waals surface area contributed by atoms with Crippen molar-refractivity contribution in [3.63, 3.8) is 0 Å². The molecule has 2 aromatic carbocycles. The standard InChI is InChI=1S/C22H24FN3O2S2/c1-17-15-18-3-2-4-21(22(18)24-16-17)30(27,28)26-11-9-25(10-12-26)13-14-29-20-7-5-19(23)6-8-20/h2-8,15-16H,9-14H2,1H3. The quantitative estimate of drug-likeness (QED) is 0.541. The fourth-order valence-electron chi connectivity index (χ4n) is 3.61. The van der Waals surface area contributed by atoms with Crippen LogP contribution >= 0.6 is 11.8 Å². The second-order valence-electron chi connectivity index (χ2n) is 7.39. The fourth-order valence-corrected chi connectivity index (χ4v) is 6.11. The van der Waals surface area contributed by atoms with Crippen molar-refractivity contribution in [3.05, 3.63) is 66.1 Å². The number of thioether (sulfide) groups is 1. The van der Waals surface area contributed by atoms with E-state index in [2.05, 4.69) is 9.88 Å². The Morgan fingerprint density at radius 2 is 1.80 bits per heavy atom. The van der Waals surface area contributed by atoms with Crippen molar-refractivity contribution in [2.75, 3.05) is 38.5 Å². The van der Waals surface area contributed by atoms with E-state index in [1.807, 2.05) is 19.1 Å². The molecule has 0 spiro atoms. The zero-order chi connectivity index (χ0) is 21.1. The highest BCUT2D eigenvalue weighted by Crippen LogP contribution is 2.26. The minimum Gasteiger partial charge on any atom is -0.300 e. The molecule has 1 saturated heterocycles. The highest BCUT2D eigenvalue weighted by Gasteiger charge is 2.30. The van der Waals surface area contributed by atoms with Crippen LogP contribution in [0.5, 0.6) is 0 Å². The zero-order valence-corrected chi connectivity index (χ0v) is 18.4. The summed E-state index contributed by atoms with van der Waals surface area (Å²) in [7, 11) is -3.59. The van der Waals surface area contributed by atoms with E-state index in [9.17, 15) is 12.8 Å². The van der Waals surface area contributed by atoms with Gasteiger partial charge in [0.1, 0.15) is 10.7 Å². The molecule has 8 heteroatoms. The van der Waals surface area contributed by atoms with Crippen LogP contribution in [-0.2, 0) is 10.0 Å². The van der Waals surface area contributed by atoms with Crippen LogP contribution in [0.1, 0.15) is 5.56 Å². The number of aryl methyl sites for hydroxylation is 1. The molecule has 0 aliphatic carbocycles. The lowest BCUT2D eigenvalue weighted by Gasteiger charge is -2.34. The number of para-hydroxylation sites is 1. The van der Waals surface area contributed by atoms with Gasteiger partial charge in [-0.15, -0.1) is 11.8 Å². The van der Waals surface area contributed by atoms with Crippen molar-refractivity contribution in [1.82, 2.24) is 14.2 Å². The number of piperazine rings is 1. The summed E-state index contributed by atoms with van der Waals surface area (Å²) in [4.78, 5) is 7.98. The normalized spacial score (nSPS) is 16.2. The average molecular weight is 446 g/mol. The van der Waals surface area contributed by atoms with Gasteiger partial charge in [-0.25, -0.2) is 12.8 Å². The average Bonchev–Trinajstić information content (AvgIpc) is 2.75. The van der Waals surface area contributed by atoms with Gasteiger partial charge in [0, 0.05) is 55.0 Å². The van der Waals surface area contributed by atoms with Crippen molar-refractivity contribution >= 4 is 32.7 Å². The van der Waals surface area contributed by atoms with Gasteiger partial charge in [-0.05, 0) is 48.9 Å². The molecule has 1 aliphatic rings. The Balaban J connectivity index is 1.37. The third kappa shape index (κ3) is 4.67. The molecule has 0 atom stereocenters. The maximum absolute atomic E-state index is 13.3. The van der Waals surface area contributed by atoms with Crippen molar-refractivity contribution in [2.45, 2.75) is 16.7 Å². The summed E-state index contributed by atoms with van der Waals surface area (Å²) in [5.41, 5.74) is 1.53. The Bertz CT molecular complexity index is 1130. The molecule has 3 aromatic rings.